The summed E-state index contributed by atoms with van der Waals surface area (Å²) in [6.45, 7) is 6.96. The maximum Gasteiger partial charge on any atom is 0.268 e. The van der Waals surface area contributed by atoms with Crippen LogP contribution in [0.1, 0.15) is 26.5 Å². The average Bonchev–Trinajstić information content (AvgIpc) is 2.07. The van der Waals surface area contributed by atoms with Gasteiger partial charge in [0.15, 0.2) is 0 Å². The van der Waals surface area contributed by atoms with Crippen LogP contribution in [0.5, 0.6) is 0 Å². The molecule has 0 aliphatic carbocycles. The quantitative estimate of drug-likeness (QED) is 0.706. The molecule has 0 aliphatic heterocycles. The highest BCUT2D eigenvalue weighted by Crippen LogP contribution is 2.02. The molecule has 0 unspecified atom stereocenters. The molecule has 0 amide bonds. The van der Waals surface area contributed by atoms with Crippen LogP contribution in [0.25, 0.3) is 0 Å². The summed E-state index contributed by atoms with van der Waals surface area (Å²) in [5.74, 6) is 0.579. The van der Waals surface area contributed by atoms with E-state index in [0.717, 1.165) is 12.1 Å². The van der Waals surface area contributed by atoms with Crippen LogP contribution in [-0.2, 0) is 13.0 Å². The topological polar surface area (TPSA) is 34.9 Å². The van der Waals surface area contributed by atoms with Gasteiger partial charge in [-0.25, -0.2) is 0 Å². The number of hydrogen-bond donors (Lipinski definition) is 0. The summed E-state index contributed by atoms with van der Waals surface area (Å²) in [5, 5.41) is 0. The molecule has 0 fully saturated rings. The molecule has 1 rings (SSSR count). The van der Waals surface area contributed by atoms with Gasteiger partial charge < -0.3 is 4.57 Å². The number of aryl methyl sites for hydroxylation is 1. The minimum Gasteiger partial charge on any atom is -0.313 e. The third kappa shape index (κ3) is 2.68. The zero-order valence-corrected chi connectivity index (χ0v) is 8.45. The monoisotopic (exact) mass is 180 g/mol. The highest BCUT2D eigenvalue weighted by Gasteiger charge is 2.01. The van der Waals surface area contributed by atoms with Crippen LogP contribution in [0.4, 0.5) is 0 Å². The molecule has 0 aromatic carbocycles. The van der Waals surface area contributed by atoms with Gasteiger partial charge in [0.05, 0.1) is 11.9 Å². The molecule has 3 nitrogen and oxygen atoms in total. The van der Waals surface area contributed by atoms with Crippen LogP contribution in [0.3, 0.4) is 0 Å². The van der Waals surface area contributed by atoms with Crippen molar-refractivity contribution in [2.24, 2.45) is 5.92 Å². The standard InChI is InChI=1S/C10H16N2O/c1-4-12-7-9(5-8(2)3)11-6-10(12)13/h6-8H,4-5H2,1-3H3. The molecule has 3 heteroatoms. The fourth-order valence-corrected chi connectivity index (χ4v) is 1.26. The van der Waals surface area contributed by atoms with Gasteiger partial charge in [-0.1, -0.05) is 13.8 Å². The van der Waals surface area contributed by atoms with E-state index in [1.165, 1.54) is 6.20 Å². The minimum absolute atomic E-state index is 0.0185. The van der Waals surface area contributed by atoms with Crippen molar-refractivity contribution < 1.29 is 0 Å². The van der Waals surface area contributed by atoms with Gasteiger partial charge in [-0.3, -0.25) is 9.78 Å². The summed E-state index contributed by atoms with van der Waals surface area (Å²) in [6.07, 6.45) is 4.18. The van der Waals surface area contributed by atoms with Crippen LogP contribution < -0.4 is 5.56 Å². The zero-order valence-electron chi connectivity index (χ0n) is 8.45. The molecule has 0 N–H and O–H groups in total. The molecule has 1 aromatic rings. The average molecular weight is 180 g/mol. The Hall–Kier alpha value is -1.12. The lowest BCUT2D eigenvalue weighted by molar-refractivity contribution is 0.616. The Balaban J connectivity index is 2.93. The van der Waals surface area contributed by atoms with E-state index < -0.39 is 0 Å². The van der Waals surface area contributed by atoms with Gasteiger partial charge in [-0.2, -0.15) is 0 Å². The Morgan fingerprint density at radius 3 is 2.77 bits per heavy atom. The van der Waals surface area contributed by atoms with E-state index in [2.05, 4.69) is 18.8 Å². The Morgan fingerprint density at radius 1 is 1.54 bits per heavy atom. The predicted molar refractivity (Wildman–Crippen MR) is 52.7 cm³/mol. The largest absolute Gasteiger partial charge is 0.313 e. The molecule has 0 radical (unpaired) electrons. The van der Waals surface area contributed by atoms with Crippen molar-refractivity contribution in [2.45, 2.75) is 33.7 Å². The second-order valence-corrected chi connectivity index (χ2v) is 3.60. The predicted octanol–water partition coefficient (Wildman–Crippen LogP) is 1.46. The van der Waals surface area contributed by atoms with E-state index >= 15 is 0 Å². The third-order valence-electron chi connectivity index (χ3n) is 1.89. The second kappa shape index (κ2) is 4.21. The number of hydrogen-bond acceptors (Lipinski definition) is 2. The van der Waals surface area contributed by atoms with Crippen LogP contribution in [0, 0.1) is 5.92 Å². The molecule has 0 saturated carbocycles. The Morgan fingerprint density at radius 2 is 2.23 bits per heavy atom. The highest BCUT2D eigenvalue weighted by molar-refractivity contribution is 4.97. The van der Waals surface area contributed by atoms with Gasteiger partial charge in [0.1, 0.15) is 0 Å². The van der Waals surface area contributed by atoms with Crippen molar-refractivity contribution in [1.29, 1.82) is 0 Å². The second-order valence-electron chi connectivity index (χ2n) is 3.60. The van der Waals surface area contributed by atoms with Crippen molar-refractivity contribution >= 4 is 0 Å². The Kier molecular flexibility index (Phi) is 3.23. The zero-order chi connectivity index (χ0) is 9.84. The van der Waals surface area contributed by atoms with Crippen LogP contribution in [-0.4, -0.2) is 9.55 Å². The molecule has 1 aromatic heterocycles. The first-order chi connectivity index (χ1) is 6.13. The minimum atomic E-state index is -0.0185. The lowest BCUT2D eigenvalue weighted by Crippen LogP contribution is -2.19. The van der Waals surface area contributed by atoms with E-state index in [-0.39, 0.29) is 5.56 Å². The summed E-state index contributed by atoms with van der Waals surface area (Å²) in [4.78, 5) is 15.3. The van der Waals surface area contributed by atoms with Crippen LogP contribution >= 0.6 is 0 Å². The summed E-state index contributed by atoms with van der Waals surface area (Å²) in [7, 11) is 0. The van der Waals surface area contributed by atoms with Crippen molar-refractivity contribution in [1.82, 2.24) is 9.55 Å². The molecule has 0 aliphatic rings. The molecular weight excluding hydrogens is 164 g/mol. The molecule has 13 heavy (non-hydrogen) atoms. The van der Waals surface area contributed by atoms with Gasteiger partial charge in [-0.05, 0) is 19.3 Å². The number of rotatable bonds is 3. The molecule has 1 heterocycles. The third-order valence-corrected chi connectivity index (χ3v) is 1.89. The summed E-state index contributed by atoms with van der Waals surface area (Å²) in [6, 6.07) is 0. The van der Waals surface area contributed by atoms with Gasteiger partial charge >= 0.3 is 0 Å². The maximum atomic E-state index is 11.2. The van der Waals surface area contributed by atoms with Gasteiger partial charge in [0.25, 0.3) is 5.56 Å². The van der Waals surface area contributed by atoms with Gasteiger partial charge in [0, 0.05) is 12.7 Å². The fraction of sp³-hybridized carbons (Fsp3) is 0.600. The normalized spacial score (nSPS) is 10.8. The first-order valence-corrected chi connectivity index (χ1v) is 4.68. The Bertz CT molecular complexity index is 328. The molecule has 0 saturated heterocycles. The van der Waals surface area contributed by atoms with Crippen molar-refractivity contribution in [2.75, 3.05) is 0 Å². The maximum absolute atomic E-state index is 11.2. The van der Waals surface area contributed by atoms with Crippen LogP contribution in [0.15, 0.2) is 17.2 Å². The Labute approximate surface area is 78.4 Å². The first kappa shape index (κ1) is 9.96. The molecule has 72 valence electrons. The lowest BCUT2D eigenvalue weighted by Gasteiger charge is -2.06. The lowest BCUT2D eigenvalue weighted by atomic mass is 10.1. The molecule has 0 atom stereocenters. The summed E-state index contributed by atoms with van der Waals surface area (Å²) >= 11 is 0. The number of nitrogens with zero attached hydrogens (tertiary/aromatic N) is 2. The van der Waals surface area contributed by atoms with Crippen molar-refractivity contribution in [3.8, 4) is 0 Å². The van der Waals surface area contributed by atoms with E-state index in [9.17, 15) is 4.79 Å². The van der Waals surface area contributed by atoms with Crippen molar-refractivity contribution in [3.05, 3.63) is 28.4 Å². The molecule has 0 spiro atoms. The smallest absolute Gasteiger partial charge is 0.268 e. The highest BCUT2D eigenvalue weighted by atomic mass is 16.1. The van der Waals surface area contributed by atoms with Gasteiger partial charge in [0.2, 0.25) is 0 Å². The molecule has 0 bridgehead atoms. The SMILES string of the molecule is CCn1cc(CC(C)C)ncc1=O. The molecular formula is C10H16N2O. The summed E-state index contributed by atoms with van der Waals surface area (Å²) in [5.41, 5.74) is 0.978. The van der Waals surface area contributed by atoms with E-state index in [1.54, 1.807) is 4.57 Å². The van der Waals surface area contributed by atoms with Crippen LogP contribution in [0.2, 0.25) is 0 Å². The first-order valence-electron chi connectivity index (χ1n) is 4.68. The van der Waals surface area contributed by atoms with E-state index in [0.29, 0.717) is 12.5 Å². The number of aromatic nitrogens is 2. The van der Waals surface area contributed by atoms with E-state index in [1.807, 2.05) is 13.1 Å². The van der Waals surface area contributed by atoms with Crippen molar-refractivity contribution in [3.63, 3.8) is 0 Å². The van der Waals surface area contributed by atoms with Gasteiger partial charge in [-0.15, -0.1) is 0 Å². The summed E-state index contributed by atoms with van der Waals surface area (Å²) < 4.78 is 1.69. The fourth-order valence-electron chi connectivity index (χ4n) is 1.26. The van der Waals surface area contributed by atoms with E-state index in [4.69, 9.17) is 0 Å².